The van der Waals surface area contributed by atoms with Crippen LogP contribution in [0.5, 0.6) is 5.75 Å². The number of hydrogen-bond donors (Lipinski definition) is 0. The third-order valence-electron chi connectivity index (χ3n) is 2.78. The monoisotopic (exact) mass is 331 g/mol. The van der Waals surface area contributed by atoms with Gasteiger partial charge in [-0.3, -0.25) is 14.9 Å². The molecule has 0 aliphatic carbocycles. The maximum Gasteiger partial charge on any atom is 0.413 e. The van der Waals surface area contributed by atoms with Crippen molar-refractivity contribution >= 4 is 11.7 Å². The van der Waals surface area contributed by atoms with Gasteiger partial charge in [0.1, 0.15) is 5.75 Å². The molecule has 1 rings (SSSR count). The van der Waals surface area contributed by atoms with Crippen molar-refractivity contribution in [3.63, 3.8) is 0 Å². The molecule has 0 N–H and O–H groups in total. The van der Waals surface area contributed by atoms with Crippen LogP contribution in [0.25, 0.3) is 0 Å². The Balaban J connectivity index is 3.19. The van der Waals surface area contributed by atoms with Crippen LogP contribution < -0.4 is 4.74 Å². The van der Waals surface area contributed by atoms with Crippen LogP contribution in [0.1, 0.15) is 6.92 Å². The van der Waals surface area contributed by atoms with Gasteiger partial charge in [0.05, 0.1) is 11.0 Å². The van der Waals surface area contributed by atoms with Crippen LogP contribution in [0.2, 0.25) is 0 Å². The molecule has 0 fully saturated rings. The van der Waals surface area contributed by atoms with Gasteiger partial charge in [0.15, 0.2) is 0 Å². The summed E-state index contributed by atoms with van der Waals surface area (Å²) in [6.07, 6.45) is -11.9. The zero-order valence-electron chi connectivity index (χ0n) is 10.7. The first-order valence-corrected chi connectivity index (χ1v) is 5.41. The van der Waals surface area contributed by atoms with E-state index < -0.39 is 40.1 Å². The van der Waals surface area contributed by atoms with E-state index >= 15 is 0 Å². The molecular formula is C11H7F6NO4. The molecule has 11 heteroatoms. The normalized spacial score (nSPS) is 12.9. The molecular weight excluding hydrogens is 324 g/mol. The Labute approximate surface area is 118 Å². The second kappa shape index (κ2) is 5.46. The average molecular weight is 331 g/mol. The topological polar surface area (TPSA) is 69.4 Å². The lowest BCUT2D eigenvalue weighted by Crippen LogP contribution is -2.55. The molecule has 0 amide bonds. The third kappa shape index (κ3) is 3.12. The number of rotatable bonds is 3. The number of nitrogens with zero attached hydrogens (tertiary/aromatic N) is 1. The molecule has 0 aliphatic heterocycles. The van der Waals surface area contributed by atoms with Crippen molar-refractivity contribution in [2.24, 2.45) is 5.41 Å². The summed E-state index contributed by atoms with van der Waals surface area (Å²) >= 11 is 0. The van der Waals surface area contributed by atoms with Crippen molar-refractivity contribution in [2.45, 2.75) is 19.3 Å². The van der Waals surface area contributed by atoms with Crippen LogP contribution in [-0.4, -0.2) is 23.2 Å². The zero-order chi connectivity index (χ0) is 17.3. The number of nitro benzene ring substituents is 1. The molecule has 0 spiro atoms. The van der Waals surface area contributed by atoms with Gasteiger partial charge < -0.3 is 4.74 Å². The second-order valence-corrected chi connectivity index (χ2v) is 4.26. The highest BCUT2D eigenvalue weighted by Crippen LogP contribution is 2.50. The van der Waals surface area contributed by atoms with Crippen LogP contribution in [-0.2, 0) is 4.79 Å². The minimum Gasteiger partial charge on any atom is -0.425 e. The first-order valence-electron chi connectivity index (χ1n) is 5.41. The molecule has 22 heavy (non-hydrogen) atoms. The summed E-state index contributed by atoms with van der Waals surface area (Å²) in [5.41, 5.74) is -5.42. The minimum absolute atomic E-state index is 0.368. The summed E-state index contributed by atoms with van der Waals surface area (Å²) in [4.78, 5) is 20.9. The quantitative estimate of drug-likeness (QED) is 0.279. The van der Waals surface area contributed by atoms with Crippen molar-refractivity contribution in [3.8, 4) is 5.75 Å². The Bertz CT molecular complexity index is 581. The summed E-state index contributed by atoms with van der Waals surface area (Å²) < 4.78 is 79.8. The predicted octanol–water partition coefficient (Wildman–Crippen LogP) is 3.63. The van der Waals surface area contributed by atoms with Crippen molar-refractivity contribution in [1.82, 2.24) is 0 Å². The van der Waals surface area contributed by atoms with Gasteiger partial charge in [-0.1, -0.05) is 6.07 Å². The van der Waals surface area contributed by atoms with E-state index in [2.05, 4.69) is 4.74 Å². The molecule has 0 aliphatic rings. The summed E-state index contributed by atoms with van der Waals surface area (Å²) in [7, 11) is 0. The lowest BCUT2D eigenvalue weighted by Gasteiger charge is -2.31. The molecule has 0 saturated carbocycles. The number of hydrogen-bond acceptors (Lipinski definition) is 4. The fourth-order valence-electron chi connectivity index (χ4n) is 1.26. The van der Waals surface area contributed by atoms with Crippen molar-refractivity contribution < 1.29 is 40.8 Å². The molecule has 0 aromatic heterocycles. The molecule has 122 valence electrons. The highest BCUT2D eigenvalue weighted by Gasteiger charge is 2.73. The van der Waals surface area contributed by atoms with Crippen LogP contribution in [0.3, 0.4) is 0 Å². The van der Waals surface area contributed by atoms with Crippen molar-refractivity contribution in [2.75, 3.05) is 0 Å². The lowest BCUT2D eigenvalue weighted by atomic mass is 9.89. The van der Waals surface area contributed by atoms with Gasteiger partial charge in [0.2, 0.25) is 0 Å². The summed E-state index contributed by atoms with van der Waals surface area (Å²) in [6.45, 7) is -0.368. The summed E-state index contributed by atoms with van der Waals surface area (Å²) in [6, 6.07) is 3.21. The number of carbonyl (C=O) groups is 1. The lowest BCUT2D eigenvalue weighted by molar-refractivity contribution is -0.384. The number of benzene rings is 1. The van der Waals surface area contributed by atoms with Crippen LogP contribution in [0.15, 0.2) is 24.3 Å². The third-order valence-corrected chi connectivity index (χ3v) is 2.78. The maximum atomic E-state index is 12.6. The molecule has 0 saturated heterocycles. The van der Waals surface area contributed by atoms with E-state index in [1.165, 1.54) is 0 Å². The smallest absolute Gasteiger partial charge is 0.413 e. The number of ether oxygens (including phenoxy) is 1. The van der Waals surface area contributed by atoms with Crippen molar-refractivity contribution in [1.29, 1.82) is 0 Å². The Morgan fingerprint density at radius 1 is 1.14 bits per heavy atom. The van der Waals surface area contributed by atoms with E-state index in [4.69, 9.17) is 0 Å². The Morgan fingerprint density at radius 3 is 2.05 bits per heavy atom. The van der Waals surface area contributed by atoms with Gasteiger partial charge in [-0.25, -0.2) is 0 Å². The van der Waals surface area contributed by atoms with Crippen LogP contribution in [0, 0.1) is 15.5 Å². The number of non-ortho nitro benzene ring substituents is 1. The summed E-state index contributed by atoms with van der Waals surface area (Å²) in [5, 5.41) is 10.5. The molecule has 0 unspecified atom stereocenters. The van der Waals surface area contributed by atoms with Gasteiger partial charge >= 0.3 is 18.3 Å². The van der Waals surface area contributed by atoms with Crippen LogP contribution in [0.4, 0.5) is 32.0 Å². The van der Waals surface area contributed by atoms with E-state index in [0.717, 1.165) is 18.2 Å². The molecule has 0 radical (unpaired) electrons. The van der Waals surface area contributed by atoms with Crippen LogP contribution >= 0.6 is 0 Å². The standard InChI is InChI=1S/C11H7F6NO4/c1-9(10(12,13)14,11(15,16)17)8(19)22-7-4-2-3-6(5-7)18(20)21/h2-5H,1H3. The maximum absolute atomic E-state index is 12.6. The van der Waals surface area contributed by atoms with E-state index in [1.54, 1.807) is 0 Å². The molecule has 0 bridgehead atoms. The highest BCUT2D eigenvalue weighted by molar-refractivity contribution is 5.80. The first kappa shape index (κ1) is 17.7. The minimum atomic E-state index is -5.96. The number of alkyl halides is 6. The van der Waals surface area contributed by atoms with E-state index in [0.29, 0.717) is 6.07 Å². The molecule has 1 aromatic carbocycles. The Morgan fingerprint density at radius 2 is 1.64 bits per heavy atom. The van der Waals surface area contributed by atoms with Gasteiger partial charge in [0, 0.05) is 6.07 Å². The second-order valence-electron chi connectivity index (χ2n) is 4.26. The largest absolute Gasteiger partial charge is 0.425 e. The Kier molecular flexibility index (Phi) is 4.40. The number of carbonyl (C=O) groups excluding carboxylic acids is 1. The fraction of sp³-hybridized carbons (Fsp3) is 0.364. The van der Waals surface area contributed by atoms with Gasteiger partial charge in [0.25, 0.3) is 11.1 Å². The SMILES string of the molecule is CC(C(=O)Oc1cccc([N+](=O)[O-])c1)(C(F)(F)F)C(F)(F)F. The van der Waals surface area contributed by atoms with E-state index in [1.807, 2.05) is 0 Å². The number of esters is 1. The van der Waals surface area contributed by atoms with Gasteiger partial charge in [-0.2, -0.15) is 26.3 Å². The molecule has 0 atom stereocenters. The Hall–Kier alpha value is -2.33. The highest BCUT2D eigenvalue weighted by atomic mass is 19.4. The predicted molar refractivity (Wildman–Crippen MR) is 58.9 cm³/mol. The number of halogens is 6. The molecule has 0 heterocycles. The molecule has 1 aromatic rings. The summed E-state index contributed by atoms with van der Waals surface area (Å²) in [5.74, 6) is -3.44. The fourth-order valence-corrected chi connectivity index (χ4v) is 1.26. The zero-order valence-corrected chi connectivity index (χ0v) is 10.7. The van der Waals surface area contributed by atoms with Crippen molar-refractivity contribution in [3.05, 3.63) is 34.4 Å². The van der Waals surface area contributed by atoms with Gasteiger partial charge in [-0.15, -0.1) is 0 Å². The van der Waals surface area contributed by atoms with E-state index in [9.17, 15) is 41.3 Å². The van der Waals surface area contributed by atoms with E-state index in [-0.39, 0.29) is 6.92 Å². The van der Waals surface area contributed by atoms with Gasteiger partial charge in [-0.05, 0) is 13.0 Å². The first-order chi connectivity index (χ1) is 9.80. The number of nitro groups is 1. The molecule has 5 nitrogen and oxygen atoms in total. The average Bonchev–Trinajstić information content (AvgIpc) is 2.35.